The smallest absolute Gasteiger partial charge is 0.423 e. The molecule has 0 bridgehead atoms. The standard InChI is InChI=1S/C20H18BFN6O3/c1-11-16(28-7-3-6-14(17(23)29)20(28)26-11)19-25-10-15(21(30)31)18(27-19)24-9-12-4-2-5-13(22)8-12/h2-8,10,30-31H,9H2,1H3,(H2,23,29)(H,24,25,27). The molecule has 5 N–H and O–H groups in total. The van der Waals surface area contributed by atoms with E-state index in [4.69, 9.17) is 5.73 Å². The Bertz CT molecular complexity index is 1290. The minimum Gasteiger partial charge on any atom is -0.423 e. The lowest BCUT2D eigenvalue weighted by molar-refractivity contribution is 0.100. The molecule has 0 aliphatic rings. The van der Waals surface area contributed by atoms with Crippen LogP contribution in [0.25, 0.3) is 17.2 Å². The van der Waals surface area contributed by atoms with Crippen LogP contribution in [0.3, 0.4) is 0 Å². The van der Waals surface area contributed by atoms with Gasteiger partial charge in [0, 0.05) is 24.4 Å². The number of hydrogen-bond donors (Lipinski definition) is 4. The molecule has 0 fully saturated rings. The van der Waals surface area contributed by atoms with Crippen LogP contribution < -0.4 is 16.5 Å². The van der Waals surface area contributed by atoms with Gasteiger partial charge in [-0.3, -0.25) is 9.20 Å². The average molecular weight is 420 g/mol. The number of pyridine rings is 1. The highest BCUT2D eigenvalue weighted by Crippen LogP contribution is 2.24. The van der Waals surface area contributed by atoms with E-state index in [1.54, 1.807) is 41.8 Å². The van der Waals surface area contributed by atoms with Gasteiger partial charge in [-0.05, 0) is 36.8 Å². The first-order chi connectivity index (χ1) is 14.8. The summed E-state index contributed by atoms with van der Waals surface area (Å²) in [6.07, 6.45) is 2.99. The highest BCUT2D eigenvalue weighted by Gasteiger charge is 2.22. The fourth-order valence-corrected chi connectivity index (χ4v) is 3.31. The summed E-state index contributed by atoms with van der Waals surface area (Å²) in [4.78, 5) is 24.9. The van der Waals surface area contributed by atoms with Crippen molar-refractivity contribution < 1.29 is 19.2 Å². The Morgan fingerprint density at radius 1 is 1.26 bits per heavy atom. The Labute approximate surface area is 176 Å². The number of benzene rings is 1. The Hall–Kier alpha value is -3.83. The van der Waals surface area contributed by atoms with Crippen LogP contribution in [0, 0.1) is 12.7 Å². The average Bonchev–Trinajstić information content (AvgIpc) is 3.07. The second-order valence-electron chi connectivity index (χ2n) is 6.88. The van der Waals surface area contributed by atoms with Gasteiger partial charge in [0.15, 0.2) is 5.82 Å². The molecule has 4 aromatic rings. The number of anilines is 1. The third-order valence-corrected chi connectivity index (χ3v) is 4.75. The zero-order valence-electron chi connectivity index (χ0n) is 16.5. The van der Waals surface area contributed by atoms with Crippen molar-refractivity contribution >= 4 is 30.0 Å². The van der Waals surface area contributed by atoms with Gasteiger partial charge in [0.1, 0.15) is 23.0 Å². The number of hydrogen-bond acceptors (Lipinski definition) is 7. The number of aromatic nitrogens is 4. The molecule has 1 aromatic carbocycles. The third-order valence-electron chi connectivity index (χ3n) is 4.75. The molecule has 9 nitrogen and oxygen atoms in total. The maximum absolute atomic E-state index is 13.5. The lowest BCUT2D eigenvalue weighted by atomic mass is 9.81. The summed E-state index contributed by atoms with van der Waals surface area (Å²) in [5.41, 5.74) is 7.85. The van der Waals surface area contributed by atoms with Gasteiger partial charge >= 0.3 is 7.12 Å². The monoisotopic (exact) mass is 420 g/mol. The maximum atomic E-state index is 13.5. The van der Waals surface area contributed by atoms with Crippen LogP contribution in [0.15, 0.2) is 48.8 Å². The second kappa shape index (κ2) is 8.13. The number of aryl methyl sites for hydroxylation is 1. The number of rotatable bonds is 6. The number of fused-ring (bicyclic) bond motifs is 1. The summed E-state index contributed by atoms with van der Waals surface area (Å²) >= 11 is 0. The predicted octanol–water partition coefficient (Wildman–Crippen LogP) is 0.630. The first-order valence-corrected chi connectivity index (χ1v) is 9.34. The van der Waals surface area contributed by atoms with Gasteiger partial charge in [-0.1, -0.05) is 12.1 Å². The summed E-state index contributed by atoms with van der Waals surface area (Å²) in [6, 6.07) is 9.25. The molecular formula is C20H18BFN6O3. The maximum Gasteiger partial charge on any atom is 0.493 e. The minimum absolute atomic E-state index is 0.0597. The van der Waals surface area contributed by atoms with Gasteiger partial charge in [-0.2, -0.15) is 0 Å². The van der Waals surface area contributed by atoms with E-state index < -0.39 is 13.0 Å². The molecule has 0 saturated heterocycles. The van der Waals surface area contributed by atoms with Crippen molar-refractivity contribution in [2.45, 2.75) is 13.5 Å². The molecule has 3 heterocycles. The molecule has 4 rings (SSSR count). The van der Waals surface area contributed by atoms with Crippen molar-refractivity contribution in [2.75, 3.05) is 5.32 Å². The van der Waals surface area contributed by atoms with Crippen LogP contribution in [-0.4, -0.2) is 42.4 Å². The predicted molar refractivity (Wildman–Crippen MR) is 113 cm³/mol. The Morgan fingerprint density at radius 3 is 2.77 bits per heavy atom. The van der Waals surface area contributed by atoms with Crippen molar-refractivity contribution in [2.24, 2.45) is 5.73 Å². The van der Waals surface area contributed by atoms with Crippen molar-refractivity contribution in [1.29, 1.82) is 0 Å². The first kappa shape index (κ1) is 20.4. The van der Waals surface area contributed by atoms with E-state index in [-0.39, 0.29) is 35.0 Å². The van der Waals surface area contributed by atoms with Crippen molar-refractivity contribution in [1.82, 2.24) is 19.4 Å². The third kappa shape index (κ3) is 3.96. The Morgan fingerprint density at radius 2 is 2.06 bits per heavy atom. The molecule has 0 radical (unpaired) electrons. The number of halogens is 1. The number of primary amides is 1. The molecule has 0 atom stereocenters. The molecule has 3 aromatic heterocycles. The SMILES string of the molecule is Cc1nc2c(C(N)=O)cccn2c1-c1ncc(B(O)O)c(NCc2cccc(F)c2)n1. The van der Waals surface area contributed by atoms with Gasteiger partial charge < -0.3 is 21.1 Å². The second-order valence-corrected chi connectivity index (χ2v) is 6.88. The summed E-state index contributed by atoms with van der Waals surface area (Å²) in [5, 5.41) is 22.4. The summed E-state index contributed by atoms with van der Waals surface area (Å²) in [5.74, 6) is -0.571. The Balaban J connectivity index is 1.78. The fourth-order valence-electron chi connectivity index (χ4n) is 3.31. The first-order valence-electron chi connectivity index (χ1n) is 9.34. The van der Waals surface area contributed by atoms with E-state index in [1.165, 1.54) is 18.3 Å². The number of imidazole rings is 1. The highest BCUT2D eigenvalue weighted by molar-refractivity contribution is 6.60. The largest absolute Gasteiger partial charge is 0.493 e. The number of amides is 1. The van der Waals surface area contributed by atoms with Gasteiger partial charge in [0.2, 0.25) is 0 Å². The van der Waals surface area contributed by atoms with Gasteiger partial charge in [-0.25, -0.2) is 19.3 Å². The number of carbonyl (C=O) groups is 1. The summed E-state index contributed by atoms with van der Waals surface area (Å²) < 4.78 is 15.1. The van der Waals surface area contributed by atoms with Crippen LogP contribution in [0.5, 0.6) is 0 Å². The van der Waals surface area contributed by atoms with Crippen LogP contribution in [0.4, 0.5) is 10.2 Å². The Kier molecular flexibility index (Phi) is 5.36. The molecule has 0 aliphatic carbocycles. The fraction of sp³-hybridized carbons (Fsp3) is 0.100. The molecule has 31 heavy (non-hydrogen) atoms. The van der Waals surface area contributed by atoms with E-state index in [2.05, 4.69) is 20.3 Å². The van der Waals surface area contributed by atoms with Crippen LogP contribution in [0.1, 0.15) is 21.6 Å². The lowest BCUT2D eigenvalue weighted by Crippen LogP contribution is -2.34. The highest BCUT2D eigenvalue weighted by atomic mass is 19.1. The number of carbonyl (C=O) groups excluding carboxylic acids is 1. The van der Waals surface area contributed by atoms with E-state index in [0.29, 0.717) is 22.6 Å². The van der Waals surface area contributed by atoms with Crippen molar-refractivity contribution in [3.05, 3.63) is 71.4 Å². The molecule has 0 aliphatic heterocycles. The zero-order valence-corrected chi connectivity index (χ0v) is 16.5. The number of nitrogens with two attached hydrogens (primary N) is 1. The van der Waals surface area contributed by atoms with E-state index >= 15 is 0 Å². The van der Waals surface area contributed by atoms with E-state index in [9.17, 15) is 19.2 Å². The number of nitrogens with zero attached hydrogens (tertiary/aromatic N) is 4. The molecule has 0 spiro atoms. The van der Waals surface area contributed by atoms with E-state index in [1.807, 2.05) is 0 Å². The molecule has 1 amide bonds. The van der Waals surface area contributed by atoms with E-state index in [0.717, 1.165) is 0 Å². The van der Waals surface area contributed by atoms with Gasteiger partial charge in [-0.15, -0.1) is 0 Å². The molecule has 0 saturated carbocycles. The molecule has 156 valence electrons. The van der Waals surface area contributed by atoms with Crippen LogP contribution in [0.2, 0.25) is 0 Å². The van der Waals surface area contributed by atoms with Crippen molar-refractivity contribution in [3.63, 3.8) is 0 Å². The molecule has 11 heteroatoms. The van der Waals surface area contributed by atoms with Crippen molar-refractivity contribution in [3.8, 4) is 11.5 Å². The summed E-state index contributed by atoms with van der Waals surface area (Å²) in [6.45, 7) is 1.94. The van der Waals surface area contributed by atoms with Gasteiger partial charge in [0.05, 0.1) is 11.3 Å². The quantitative estimate of drug-likeness (QED) is 0.336. The van der Waals surface area contributed by atoms with Crippen LogP contribution >= 0.6 is 0 Å². The minimum atomic E-state index is -1.81. The lowest BCUT2D eigenvalue weighted by Gasteiger charge is -2.12. The summed E-state index contributed by atoms with van der Waals surface area (Å²) in [7, 11) is -1.81. The number of nitrogens with one attached hydrogen (secondary N) is 1. The molecule has 0 unspecified atom stereocenters. The molecular weight excluding hydrogens is 402 g/mol. The van der Waals surface area contributed by atoms with Gasteiger partial charge in [0.25, 0.3) is 5.91 Å². The normalized spacial score (nSPS) is 11.0. The van der Waals surface area contributed by atoms with Crippen LogP contribution in [-0.2, 0) is 6.54 Å². The zero-order chi connectivity index (χ0) is 22.1. The topological polar surface area (TPSA) is 139 Å².